The topological polar surface area (TPSA) is 105 Å². The summed E-state index contributed by atoms with van der Waals surface area (Å²) in [5.41, 5.74) is 4.50. The van der Waals surface area contributed by atoms with Crippen LogP contribution in [-0.2, 0) is 14.3 Å². The van der Waals surface area contributed by atoms with Crippen molar-refractivity contribution in [1.82, 2.24) is 10.6 Å². The maximum absolute atomic E-state index is 12.5. The van der Waals surface area contributed by atoms with E-state index in [4.69, 9.17) is 9.84 Å². The highest BCUT2D eigenvalue weighted by Crippen LogP contribution is 2.44. The molecular formula is C28H36N2O5. The molecule has 0 saturated carbocycles. The van der Waals surface area contributed by atoms with E-state index in [1.165, 1.54) is 0 Å². The summed E-state index contributed by atoms with van der Waals surface area (Å²) in [4.78, 5) is 35.9. The van der Waals surface area contributed by atoms with Crippen molar-refractivity contribution >= 4 is 18.0 Å². The molecule has 35 heavy (non-hydrogen) atoms. The minimum Gasteiger partial charge on any atom is -0.481 e. The molecule has 3 N–H and O–H groups in total. The number of aliphatic carboxylic acids is 1. The molecule has 0 radical (unpaired) electrons. The third-order valence-electron chi connectivity index (χ3n) is 6.79. The van der Waals surface area contributed by atoms with Crippen LogP contribution in [0.1, 0.15) is 64.0 Å². The monoisotopic (exact) mass is 480 g/mol. The fourth-order valence-electron chi connectivity index (χ4n) is 4.71. The number of carboxylic acids is 1. The lowest BCUT2D eigenvalue weighted by Crippen LogP contribution is -2.45. The van der Waals surface area contributed by atoms with Crippen LogP contribution in [0.4, 0.5) is 4.79 Å². The van der Waals surface area contributed by atoms with Gasteiger partial charge in [0.15, 0.2) is 0 Å². The van der Waals surface area contributed by atoms with Gasteiger partial charge < -0.3 is 20.5 Å². The Labute approximate surface area is 207 Å². The lowest BCUT2D eigenvalue weighted by atomic mass is 9.76. The van der Waals surface area contributed by atoms with Crippen molar-refractivity contribution in [2.75, 3.05) is 13.2 Å². The number of amides is 2. The van der Waals surface area contributed by atoms with Gasteiger partial charge in [-0.1, -0.05) is 69.3 Å². The third-order valence-corrected chi connectivity index (χ3v) is 6.79. The van der Waals surface area contributed by atoms with Gasteiger partial charge in [0.25, 0.3) is 0 Å². The molecule has 1 aliphatic rings. The smallest absolute Gasteiger partial charge is 0.407 e. The van der Waals surface area contributed by atoms with E-state index in [0.29, 0.717) is 19.4 Å². The van der Waals surface area contributed by atoms with Gasteiger partial charge in [-0.25, -0.2) is 4.79 Å². The summed E-state index contributed by atoms with van der Waals surface area (Å²) in [5, 5.41) is 14.4. The first-order valence-electron chi connectivity index (χ1n) is 12.2. The largest absolute Gasteiger partial charge is 0.481 e. The summed E-state index contributed by atoms with van der Waals surface area (Å²) < 4.78 is 5.52. The molecule has 188 valence electrons. The average Bonchev–Trinajstić information content (AvgIpc) is 3.12. The molecule has 0 bridgehead atoms. The van der Waals surface area contributed by atoms with Gasteiger partial charge >= 0.3 is 12.1 Å². The number of benzene rings is 2. The van der Waals surface area contributed by atoms with Crippen LogP contribution < -0.4 is 10.6 Å². The molecule has 0 fully saturated rings. The van der Waals surface area contributed by atoms with Crippen LogP contribution in [0.25, 0.3) is 11.1 Å². The van der Waals surface area contributed by atoms with E-state index in [1.807, 2.05) is 24.3 Å². The van der Waals surface area contributed by atoms with Gasteiger partial charge in [-0.2, -0.15) is 0 Å². The van der Waals surface area contributed by atoms with Crippen LogP contribution in [0.2, 0.25) is 0 Å². The van der Waals surface area contributed by atoms with Crippen molar-refractivity contribution in [2.24, 2.45) is 11.3 Å². The fraction of sp³-hybridized carbons (Fsp3) is 0.464. The minimum atomic E-state index is -0.816. The maximum atomic E-state index is 12.5. The normalized spacial score (nSPS) is 14.4. The fourth-order valence-corrected chi connectivity index (χ4v) is 4.71. The molecule has 0 saturated heterocycles. The Kier molecular flexibility index (Phi) is 8.54. The van der Waals surface area contributed by atoms with E-state index in [1.54, 1.807) is 6.92 Å². The quantitative estimate of drug-likeness (QED) is 0.446. The van der Waals surface area contributed by atoms with Gasteiger partial charge in [0.1, 0.15) is 12.6 Å². The minimum absolute atomic E-state index is 0.0441. The number of rotatable bonds is 10. The number of ether oxygens (including phenoxy) is 1. The van der Waals surface area contributed by atoms with E-state index >= 15 is 0 Å². The first kappa shape index (κ1) is 26.3. The van der Waals surface area contributed by atoms with Crippen LogP contribution in [-0.4, -0.2) is 42.3 Å². The molecule has 1 unspecified atom stereocenters. The van der Waals surface area contributed by atoms with Crippen molar-refractivity contribution in [3.05, 3.63) is 59.7 Å². The predicted octanol–water partition coefficient (Wildman–Crippen LogP) is 4.95. The van der Waals surface area contributed by atoms with Crippen molar-refractivity contribution in [3.63, 3.8) is 0 Å². The second kappa shape index (κ2) is 11.4. The first-order valence-corrected chi connectivity index (χ1v) is 12.2. The number of carboxylic acid groups (broad SMARTS) is 1. The molecule has 7 nitrogen and oxygen atoms in total. The second-order valence-corrected chi connectivity index (χ2v) is 10.3. The number of fused-ring (bicyclic) bond motifs is 3. The number of carbonyl (C=O) groups is 3. The zero-order chi connectivity index (χ0) is 25.6. The van der Waals surface area contributed by atoms with Crippen LogP contribution in [0.15, 0.2) is 48.5 Å². The van der Waals surface area contributed by atoms with Gasteiger partial charge in [-0.05, 0) is 53.4 Å². The molecule has 0 spiro atoms. The second-order valence-electron chi connectivity index (χ2n) is 10.3. The molecule has 7 heteroatoms. The van der Waals surface area contributed by atoms with E-state index in [9.17, 15) is 14.4 Å². The van der Waals surface area contributed by atoms with E-state index in [-0.39, 0.29) is 36.2 Å². The Morgan fingerprint density at radius 1 is 0.971 bits per heavy atom. The van der Waals surface area contributed by atoms with Gasteiger partial charge in [0.05, 0.1) is 0 Å². The van der Waals surface area contributed by atoms with Crippen LogP contribution in [0, 0.1) is 11.3 Å². The van der Waals surface area contributed by atoms with Crippen LogP contribution >= 0.6 is 0 Å². The van der Waals surface area contributed by atoms with Crippen molar-refractivity contribution < 1.29 is 24.2 Å². The number of hydrogen-bond acceptors (Lipinski definition) is 4. The number of nitrogens with one attached hydrogen (secondary N) is 2. The zero-order valence-corrected chi connectivity index (χ0v) is 21.0. The Hall–Kier alpha value is -3.35. The molecule has 0 aliphatic heterocycles. The molecule has 2 amide bonds. The summed E-state index contributed by atoms with van der Waals surface area (Å²) in [6.07, 6.45) is 0.696. The molecule has 0 heterocycles. The highest BCUT2D eigenvalue weighted by atomic mass is 16.5. The lowest BCUT2D eigenvalue weighted by molar-refractivity contribution is -0.137. The Morgan fingerprint density at radius 2 is 1.54 bits per heavy atom. The SMILES string of the molecule is C[C@@H](NC(=O)OCC1c2ccccc2-c2ccccc21)C(=O)NCCC(CCC(=O)O)C(C)(C)C. The van der Waals surface area contributed by atoms with Crippen molar-refractivity contribution in [1.29, 1.82) is 0 Å². The summed E-state index contributed by atoms with van der Waals surface area (Å²) in [7, 11) is 0. The standard InChI is InChI=1S/C28H36N2O5/c1-18(26(33)29-16-15-19(28(2,3)4)13-14-25(31)32)30-27(34)35-17-24-22-11-7-5-9-20(22)21-10-6-8-12-23(21)24/h5-12,18-19,24H,13-17H2,1-4H3,(H,29,33)(H,30,34)(H,31,32)/t18-,19?/m1/s1. The molecule has 1 aliphatic carbocycles. The third kappa shape index (κ3) is 6.84. The molecule has 2 aromatic rings. The van der Waals surface area contributed by atoms with Gasteiger partial charge in [-0.3, -0.25) is 9.59 Å². The Morgan fingerprint density at radius 3 is 2.09 bits per heavy atom. The van der Waals surface area contributed by atoms with Crippen LogP contribution in [0.5, 0.6) is 0 Å². The summed E-state index contributed by atoms with van der Waals surface area (Å²) in [6, 6.07) is 15.5. The maximum Gasteiger partial charge on any atom is 0.407 e. The molecule has 0 aromatic heterocycles. The van der Waals surface area contributed by atoms with Crippen molar-refractivity contribution in [3.8, 4) is 11.1 Å². The highest BCUT2D eigenvalue weighted by molar-refractivity contribution is 5.85. The Balaban J connectivity index is 1.47. The van der Waals surface area contributed by atoms with Crippen LogP contribution in [0.3, 0.4) is 0 Å². The van der Waals surface area contributed by atoms with Crippen molar-refractivity contribution in [2.45, 2.75) is 58.9 Å². The highest BCUT2D eigenvalue weighted by Gasteiger charge is 2.29. The van der Waals surface area contributed by atoms with E-state index < -0.39 is 18.1 Å². The zero-order valence-electron chi connectivity index (χ0n) is 21.0. The first-order chi connectivity index (χ1) is 16.6. The van der Waals surface area contributed by atoms with E-state index in [2.05, 4.69) is 55.7 Å². The number of carbonyl (C=O) groups excluding carboxylic acids is 2. The summed E-state index contributed by atoms with van der Waals surface area (Å²) in [5.74, 6) is -1.00. The number of hydrogen-bond donors (Lipinski definition) is 3. The molecule has 3 rings (SSSR count). The van der Waals surface area contributed by atoms with E-state index in [0.717, 1.165) is 22.3 Å². The predicted molar refractivity (Wildman–Crippen MR) is 135 cm³/mol. The molecule has 2 atom stereocenters. The molecular weight excluding hydrogens is 444 g/mol. The van der Waals surface area contributed by atoms with Gasteiger partial charge in [0, 0.05) is 18.9 Å². The summed E-state index contributed by atoms with van der Waals surface area (Å²) >= 11 is 0. The van der Waals surface area contributed by atoms with Gasteiger partial charge in [0.2, 0.25) is 5.91 Å². The van der Waals surface area contributed by atoms with Gasteiger partial charge in [-0.15, -0.1) is 0 Å². The summed E-state index contributed by atoms with van der Waals surface area (Å²) in [6.45, 7) is 8.43. The number of alkyl carbamates (subject to hydrolysis) is 1. The molecule has 2 aromatic carbocycles. The average molecular weight is 481 g/mol. The lowest BCUT2D eigenvalue weighted by Gasteiger charge is -2.30. The Bertz CT molecular complexity index is 1010.